The quantitative estimate of drug-likeness (QED) is 0.665. The van der Waals surface area contributed by atoms with Gasteiger partial charge in [0, 0.05) is 22.8 Å². The molecule has 1 heterocycles. The lowest BCUT2D eigenvalue weighted by atomic mass is 10.1. The Kier molecular flexibility index (Phi) is 4.82. The number of H-pyrrole nitrogens is 1. The summed E-state index contributed by atoms with van der Waals surface area (Å²) in [6, 6.07) is 8.65. The Bertz CT molecular complexity index is 967. The van der Waals surface area contributed by atoms with Gasteiger partial charge >= 0.3 is 6.18 Å². The predicted octanol–water partition coefficient (Wildman–Crippen LogP) is 5.03. The second-order valence-electron chi connectivity index (χ2n) is 5.64. The number of anilines is 1. The second kappa shape index (κ2) is 6.92. The van der Waals surface area contributed by atoms with E-state index in [1.54, 1.807) is 25.4 Å². The highest BCUT2D eigenvalue weighted by molar-refractivity contribution is 6.31. The number of hydrogen-bond acceptors (Lipinski definition) is 2. The zero-order chi connectivity index (χ0) is 18.9. The lowest BCUT2D eigenvalue weighted by molar-refractivity contribution is -0.137. The minimum atomic E-state index is -4.59. The summed E-state index contributed by atoms with van der Waals surface area (Å²) >= 11 is 5.58. The van der Waals surface area contributed by atoms with E-state index in [0.717, 1.165) is 23.0 Å². The van der Waals surface area contributed by atoms with E-state index in [1.165, 1.54) is 6.07 Å². The largest absolute Gasteiger partial charge is 0.497 e. The monoisotopic (exact) mass is 382 g/mol. The Balaban J connectivity index is 1.80. The van der Waals surface area contributed by atoms with E-state index in [4.69, 9.17) is 16.3 Å². The smallest absolute Gasteiger partial charge is 0.417 e. The molecule has 0 fully saturated rings. The van der Waals surface area contributed by atoms with E-state index < -0.39 is 22.7 Å². The van der Waals surface area contributed by atoms with E-state index in [0.29, 0.717) is 11.3 Å². The van der Waals surface area contributed by atoms with E-state index in [9.17, 15) is 18.0 Å². The average Bonchev–Trinajstić information content (AvgIpc) is 2.97. The molecule has 1 aromatic heterocycles. The van der Waals surface area contributed by atoms with Gasteiger partial charge in [-0.05, 0) is 42.0 Å². The Morgan fingerprint density at radius 1 is 1.23 bits per heavy atom. The lowest BCUT2D eigenvalue weighted by Crippen LogP contribution is -2.15. The predicted molar refractivity (Wildman–Crippen MR) is 93.6 cm³/mol. The maximum Gasteiger partial charge on any atom is 0.417 e. The molecule has 0 unspecified atom stereocenters. The Labute approximate surface area is 151 Å². The number of ether oxygens (including phenoxy) is 1. The molecule has 0 saturated heterocycles. The van der Waals surface area contributed by atoms with Crippen molar-refractivity contribution in [3.63, 3.8) is 0 Å². The summed E-state index contributed by atoms with van der Waals surface area (Å²) in [5, 5.41) is 2.86. The Morgan fingerprint density at radius 3 is 2.69 bits per heavy atom. The molecule has 136 valence electrons. The van der Waals surface area contributed by atoms with Crippen molar-refractivity contribution >= 4 is 34.1 Å². The van der Waals surface area contributed by atoms with Crippen molar-refractivity contribution in [1.82, 2.24) is 4.98 Å². The van der Waals surface area contributed by atoms with E-state index >= 15 is 0 Å². The molecule has 0 spiro atoms. The first-order valence-electron chi connectivity index (χ1n) is 7.58. The number of aromatic nitrogens is 1. The molecular formula is C18H14ClF3N2O2. The molecule has 8 heteroatoms. The molecule has 1 amide bonds. The Morgan fingerprint density at radius 2 is 2.00 bits per heavy atom. The van der Waals surface area contributed by atoms with Crippen molar-refractivity contribution in [2.75, 3.05) is 12.4 Å². The molecule has 3 aromatic rings. The molecule has 26 heavy (non-hydrogen) atoms. The number of amides is 1. The number of fused-ring (bicyclic) bond motifs is 1. The van der Waals surface area contributed by atoms with Gasteiger partial charge in [0.25, 0.3) is 0 Å². The zero-order valence-electron chi connectivity index (χ0n) is 13.6. The van der Waals surface area contributed by atoms with Crippen LogP contribution >= 0.6 is 11.6 Å². The maximum absolute atomic E-state index is 12.9. The zero-order valence-corrected chi connectivity index (χ0v) is 14.3. The third kappa shape index (κ3) is 3.77. The average molecular weight is 383 g/mol. The summed E-state index contributed by atoms with van der Waals surface area (Å²) in [4.78, 5) is 15.3. The normalized spacial score (nSPS) is 11.6. The van der Waals surface area contributed by atoms with Crippen LogP contribution in [-0.4, -0.2) is 18.0 Å². The molecule has 0 bridgehead atoms. The molecule has 0 atom stereocenters. The van der Waals surface area contributed by atoms with Crippen molar-refractivity contribution in [1.29, 1.82) is 0 Å². The first-order valence-corrected chi connectivity index (χ1v) is 7.96. The summed E-state index contributed by atoms with van der Waals surface area (Å²) in [5.74, 6) is 0.204. The van der Waals surface area contributed by atoms with E-state index in [2.05, 4.69) is 10.3 Å². The number of halogens is 4. The fourth-order valence-electron chi connectivity index (χ4n) is 2.63. The molecule has 4 nitrogen and oxygen atoms in total. The Hall–Kier alpha value is -2.67. The van der Waals surface area contributed by atoms with Crippen LogP contribution in [-0.2, 0) is 17.4 Å². The molecule has 2 N–H and O–H groups in total. The SMILES string of the molecule is COc1ccc2[nH]cc(CC(=O)Nc3ccc(Cl)c(C(F)(F)F)c3)c2c1. The van der Waals surface area contributed by atoms with Crippen LogP contribution in [0.4, 0.5) is 18.9 Å². The number of methoxy groups -OCH3 is 1. The van der Waals surface area contributed by atoms with Crippen LogP contribution in [0.5, 0.6) is 5.75 Å². The highest BCUT2D eigenvalue weighted by atomic mass is 35.5. The van der Waals surface area contributed by atoms with Crippen LogP contribution in [0, 0.1) is 0 Å². The van der Waals surface area contributed by atoms with Gasteiger partial charge in [-0.15, -0.1) is 0 Å². The van der Waals surface area contributed by atoms with Gasteiger partial charge in [-0.3, -0.25) is 4.79 Å². The molecule has 0 aliphatic heterocycles. The first-order chi connectivity index (χ1) is 12.3. The lowest BCUT2D eigenvalue weighted by Gasteiger charge is -2.11. The van der Waals surface area contributed by atoms with Gasteiger partial charge in [0.2, 0.25) is 5.91 Å². The van der Waals surface area contributed by atoms with Crippen LogP contribution in [0.15, 0.2) is 42.6 Å². The van der Waals surface area contributed by atoms with E-state index in [-0.39, 0.29) is 12.1 Å². The summed E-state index contributed by atoms with van der Waals surface area (Å²) in [7, 11) is 1.54. The standard InChI is InChI=1S/C18H14ClF3N2O2/c1-26-12-3-5-16-13(8-12)10(9-23-16)6-17(25)24-11-2-4-15(19)14(7-11)18(20,21)22/h2-5,7-9,23H,6H2,1H3,(H,24,25). The molecule has 0 radical (unpaired) electrons. The number of aromatic amines is 1. The number of alkyl halides is 3. The van der Waals surface area contributed by atoms with Gasteiger partial charge in [0.05, 0.1) is 24.1 Å². The van der Waals surface area contributed by atoms with Gasteiger partial charge < -0.3 is 15.0 Å². The van der Waals surface area contributed by atoms with Gasteiger partial charge in [0.1, 0.15) is 5.75 Å². The van der Waals surface area contributed by atoms with Crippen LogP contribution in [0.3, 0.4) is 0 Å². The fraction of sp³-hybridized carbons (Fsp3) is 0.167. The van der Waals surface area contributed by atoms with Crippen LogP contribution in [0.25, 0.3) is 10.9 Å². The summed E-state index contributed by atoms with van der Waals surface area (Å²) in [6.07, 6.45) is -2.91. The van der Waals surface area contributed by atoms with Gasteiger partial charge in [-0.1, -0.05) is 11.6 Å². The number of carbonyl (C=O) groups excluding carboxylic acids is 1. The topological polar surface area (TPSA) is 54.1 Å². The van der Waals surface area contributed by atoms with Crippen molar-refractivity contribution in [3.05, 3.63) is 58.7 Å². The molecule has 2 aromatic carbocycles. The molecule has 0 aliphatic carbocycles. The van der Waals surface area contributed by atoms with Crippen LogP contribution in [0.1, 0.15) is 11.1 Å². The minimum Gasteiger partial charge on any atom is -0.497 e. The minimum absolute atomic E-state index is 0.00283. The third-order valence-corrected chi connectivity index (χ3v) is 4.21. The fourth-order valence-corrected chi connectivity index (χ4v) is 2.85. The second-order valence-corrected chi connectivity index (χ2v) is 6.05. The maximum atomic E-state index is 12.9. The number of benzene rings is 2. The number of hydrogen-bond donors (Lipinski definition) is 2. The van der Waals surface area contributed by atoms with Crippen LogP contribution < -0.4 is 10.1 Å². The number of carbonyl (C=O) groups is 1. The van der Waals surface area contributed by atoms with Gasteiger partial charge in [0.15, 0.2) is 0 Å². The highest BCUT2D eigenvalue weighted by Crippen LogP contribution is 2.36. The van der Waals surface area contributed by atoms with Crippen molar-refractivity contribution < 1.29 is 22.7 Å². The van der Waals surface area contributed by atoms with Crippen molar-refractivity contribution in [3.8, 4) is 5.75 Å². The van der Waals surface area contributed by atoms with Crippen molar-refractivity contribution in [2.45, 2.75) is 12.6 Å². The first kappa shape index (κ1) is 18.1. The third-order valence-electron chi connectivity index (χ3n) is 3.88. The van der Waals surface area contributed by atoms with Crippen molar-refractivity contribution in [2.24, 2.45) is 0 Å². The van der Waals surface area contributed by atoms with E-state index in [1.807, 2.05) is 6.07 Å². The summed E-state index contributed by atoms with van der Waals surface area (Å²) in [6.45, 7) is 0. The molecule has 0 aliphatic rings. The van der Waals surface area contributed by atoms with Gasteiger partial charge in [-0.2, -0.15) is 13.2 Å². The molecule has 0 saturated carbocycles. The molecule has 3 rings (SSSR count). The molecular weight excluding hydrogens is 369 g/mol. The summed E-state index contributed by atoms with van der Waals surface area (Å²) in [5.41, 5.74) is 0.582. The van der Waals surface area contributed by atoms with Gasteiger partial charge in [-0.25, -0.2) is 0 Å². The summed E-state index contributed by atoms with van der Waals surface area (Å²) < 4.78 is 43.9. The number of rotatable bonds is 4. The van der Waals surface area contributed by atoms with Crippen LogP contribution in [0.2, 0.25) is 5.02 Å². The highest BCUT2D eigenvalue weighted by Gasteiger charge is 2.33. The number of nitrogens with one attached hydrogen (secondary N) is 2.